The van der Waals surface area contributed by atoms with Gasteiger partial charge in [-0.15, -0.1) is 0 Å². The summed E-state index contributed by atoms with van der Waals surface area (Å²) in [6.45, 7) is 5.86. The van der Waals surface area contributed by atoms with Crippen molar-refractivity contribution < 1.29 is 0 Å². The first kappa shape index (κ1) is 6.41. The quantitative estimate of drug-likeness (QED) is 0.444. The van der Waals surface area contributed by atoms with E-state index in [1.807, 2.05) is 26.8 Å². The molecule has 0 aromatic carbocycles. The van der Waals surface area contributed by atoms with E-state index in [2.05, 4.69) is 4.99 Å². The summed E-state index contributed by atoms with van der Waals surface area (Å²) in [5.41, 5.74) is 1.07. The van der Waals surface area contributed by atoms with Crippen molar-refractivity contribution in [3.8, 4) is 0 Å². The molecule has 0 fully saturated rings. The molecule has 0 aromatic rings. The van der Waals surface area contributed by atoms with Crippen molar-refractivity contribution in [2.75, 3.05) is 0 Å². The zero-order chi connectivity index (χ0) is 5.70. The molecule has 0 rings (SSSR count). The maximum absolute atomic E-state index is 3.98. The minimum absolute atomic E-state index is 1.07. The van der Waals surface area contributed by atoms with Crippen molar-refractivity contribution in [2.45, 2.75) is 20.8 Å². The number of aliphatic imine (C=N–C) groups is 1. The smallest absolute Gasteiger partial charge is 0.0326 e. The third-order valence-corrected chi connectivity index (χ3v) is 0.751. The van der Waals surface area contributed by atoms with E-state index in [0.29, 0.717) is 0 Å². The molecule has 0 heterocycles. The molecule has 0 atom stereocenters. The van der Waals surface area contributed by atoms with Gasteiger partial charge in [-0.2, -0.15) is 0 Å². The summed E-state index contributed by atoms with van der Waals surface area (Å²) in [6.07, 6.45) is 3.76. The lowest BCUT2D eigenvalue weighted by Gasteiger charge is -1.81. The van der Waals surface area contributed by atoms with Crippen molar-refractivity contribution in [2.24, 2.45) is 4.99 Å². The van der Waals surface area contributed by atoms with Gasteiger partial charge in [0.2, 0.25) is 0 Å². The largest absolute Gasteiger partial charge is 0.267 e. The normalized spacial score (nSPS) is 13.3. The van der Waals surface area contributed by atoms with Crippen molar-refractivity contribution >= 4 is 6.21 Å². The Morgan fingerprint density at radius 1 is 1.43 bits per heavy atom. The third kappa shape index (κ3) is 3.23. The molecule has 7 heavy (non-hydrogen) atoms. The van der Waals surface area contributed by atoms with Crippen LogP contribution < -0.4 is 0 Å². The predicted molar refractivity (Wildman–Crippen MR) is 33.6 cm³/mol. The molecule has 0 N–H and O–H groups in total. The fourth-order valence-electron chi connectivity index (χ4n) is 0.278. The lowest BCUT2D eigenvalue weighted by molar-refractivity contribution is 1.29. The van der Waals surface area contributed by atoms with Crippen molar-refractivity contribution in [3.05, 3.63) is 11.8 Å². The van der Waals surface area contributed by atoms with Crippen molar-refractivity contribution in [1.29, 1.82) is 0 Å². The lowest BCUT2D eigenvalue weighted by Crippen LogP contribution is -1.64. The fraction of sp³-hybridized carbons (Fsp3) is 0.500. The summed E-state index contributed by atoms with van der Waals surface area (Å²) in [4.78, 5) is 3.98. The second-order valence-corrected chi connectivity index (χ2v) is 1.32. The average Bonchev–Trinajstić information content (AvgIpc) is 1.68. The van der Waals surface area contributed by atoms with E-state index < -0.39 is 0 Å². The van der Waals surface area contributed by atoms with Crippen molar-refractivity contribution in [3.63, 3.8) is 0 Å². The Morgan fingerprint density at radius 2 is 2.00 bits per heavy atom. The van der Waals surface area contributed by atoms with Gasteiger partial charge in [0.25, 0.3) is 0 Å². The first-order valence-electron chi connectivity index (χ1n) is 2.43. The molecule has 0 spiro atoms. The Bertz CT molecular complexity index is 90.4. The molecular weight excluding hydrogens is 86.1 g/mol. The van der Waals surface area contributed by atoms with Gasteiger partial charge in [0.15, 0.2) is 0 Å². The Morgan fingerprint density at radius 3 is 2.14 bits per heavy atom. The maximum Gasteiger partial charge on any atom is 0.0326 e. The molecule has 0 aromatic heterocycles. The van der Waals surface area contributed by atoms with Gasteiger partial charge >= 0.3 is 0 Å². The van der Waals surface area contributed by atoms with Crippen LogP contribution in [0.15, 0.2) is 16.8 Å². The topological polar surface area (TPSA) is 12.4 Å². The van der Waals surface area contributed by atoms with Gasteiger partial charge in [0, 0.05) is 11.9 Å². The van der Waals surface area contributed by atoms with Crippen LogP contribution in [-0.2, 0) is 0 Å². The van der Waals surface area contributed by atoms with Gasteiger partial charge in [-0.3, -0.25) is 4.99 Å². The maximum atomic E-state index is 3.98. The van der Waals surface area contributed by atoms with Gasteiger partial charge in [-0.05, 0) is 20.8 Å². The summed E-state index contributed by atoms with van der Waals surface area (Å²) in [5.74, 6) is 0. The summed E-state index contributed by atoms with van der Waals surface area (Å²) < 4.78 is 0. The van der Waals surface area contributed by atoms with Crippen LogP contribution in [0.5, 0.6) is 0 Å². The summed E-state index contributed by atoms with van der Waals surface area (Å²) in [7, 11) is 0. The molecular formula is C6H11N. The molecule has 1 heteroatoms. The molecule has 0 aliphatic carbocycles. The standard InChI is InChI=1S/C6H11N/c1-4-6(3)7-5-2/h4-5H,1-3H3/b6-4+,7-5-. The van der Waals surface area contributed by atoms with Crippen LogP contribution >= 0.6 is 0 Å². The Balaban J connectivity index is 3.58. The number of allylic oxidation sites excluding steroid dienone is 2. The van der Waals surface area contributed by atoms with Crippen LogP contribution in [0, 0.1) is 0 Å². The molecule has 0 radical (unpaired) electrons. The molecule has 0 saturated carbocycles. The Kier molecular flexibility index (Phi) is 3.29. The number of rotatable bonds is 1. The van der Waals surface area contributed by atoms with Gasteiger partial charge in [-0.25, -0.2) is 0 Å². The monoisotopic (exact) mass is 97.1 g/mol. The summed E-state index contributed by atoms with van der Waals surface area (Å²) >= 11 is 0. The molecule has 0 aliphatic heterocycles. The molecule has 0 aliphatic rings. The average molecular weight is 97.2 g/mol. The minimum atomic E-state index is 1.07. The number of hydrogen-bond acceptors (Lipinski definition) is 1. The number of nitrogens with zero attached hydrogens (tertiary/aromatic N) is 1. The Labute approximate surface area is 44.8 Å². The molecule has 0 bridgehead atoms. The van der Waals surface area contributed by atoms with Gasteiger partial charge in [0.05, 0.1) is 0 Å². The van der Waals surface area contributed by atoms with Gasteiger partial charge in [0.1, 0.15) is 0 Å². The van der Waals surface area contributed by atoms with E-state index in [0.717, 1.165) is 5.70 Å². The lowest BCUT2D eigenvalue weighted by atomic mass is 10.5. The zero-order valence-corrected chi connectivity index (χ0v) is 5.10. The fourth-order valence-corrected chi connectivity index (χ4v) is 0.278. The molecule has 0 amide bonds. The highest BCUT2D eigenvalue weighted by Gasteiger charge is 1.70. The molecule has 40 valence electrons. The first-order valence-corrected chi connectivity index (χ1v) is 2.43. The van der Waals surface area contributed by atoms with E-state index in [9.17, 15) is 0 Å². The highest BCUT2D eigenvalue weighted by molar-refractivity contribution is 5.54. The van der Waals surface area contributed by atoms with Crippen LogP contribution in [0.4, 0.5) is 0 Å². The highest BCUT2D eigenvalue weighted by atomic mass is 14.7. The van der Waals surface area contributed by atoms with Gasteiger partial charge < -0.3 is 0 Å². The number of hydrogen-bond donors (Lipinski definition) is 0. The predicted octanol–water partition coefficient (Wildman–Crippen LogP) is 2.00. The molecule has 0 unspecified atom stereocenters. The third-order valence-electron chi connectivity index (χ3n) is 0.751. The van der Waals surface area contributed by atoms with Crippen molar-refractivity contribution in [1.82, 2.24) is 0 Å². The first-order chi connectivity index (χ1) is 3.31. The summed E-state index contributed by atoms with van der Waals surface area (Å²) in [6, 6.07) is 0. The molecule has 0 saturated heterocycles. The van der Waals surface area contributed by atoms with Crippen LogP contribution in [-0.4, -0.2) is 6.21 Å². The van der Waals surface area contributed by atoms with Crippen LogP contribution in [0.2, 0.25) is 0 Å². The zero-order valence-electron chi connectivity index (χ0n) is 5.10. The second-order valence-electron chi connectivity index (χ2n) is 1.32. The van der Waals surface area contributed by atoms with E-state index in [1.165, 1.54) is 0 Å². The van der Waals surface area contributed by atoms with E-state index >= 15 is 0 Å². The van der Waals surface area contributed by atoms with E-state index in [-0.39, 0.29) is 0 Å². The van der Waals surface area contributed by atoms with Crippen LogP contribution in [0.25, 0.3) is 0 Å². The summed E-state index contributed by atoms with van der Waals surface area (Å²) in [5, 5.41) is 0. The van der Waals surface area contributed by atoms with E-state index in [1.54, 1.807) is 6.21 Å². The van der Waals surface area contributed by atoms with Crippen LogP contribution in [0.3, 0.4) is 0 Å². The van der Waals surface area contributed by atoms with Gasteiger partial charge in [-0.1, -0.05) is 6.08 Å². The van der Waals surface area contributed by atoms with Crippen LogP contribution in [0.1, 0.15) is 20.8 Å². The second kappa shape index (κ2) is 3.59. The molecule has 1 nitrogen and oxygen atoms in total. The highest BCUT2D eigenvalue weighted by Crippen LogP contribution is 1.89. The minimum Gasteiger partial charge on any atom is -0.267 e. The van der Waals surface area contributed by atoms with E-state index in [4.69, 9.17) is 0 Å². The Hall–Kier alpha value is -0.590. The SMILES string of the molecule is C/C=N\C(C)=C\C.